The fourth-order valence-corrected chi connectivity index (χ4v) is 4.73. The maximum Gasteiger partial charge on any atom is 0.269 e. The van der Waals surface area contributed by atoms with Gasteiger partial charge in [-0.3, -0.25) is 14.9 Å². The number of methoxy groups -OCH3 is 1. The minimum absolute atomic E-state index is 0.0754. The first kappa shape index (κ1) is 31.7. The molecule has 1 amide bonds. The van der Waals surface area contributed by atoms with Gasteiger partial charge in [-0.15, -0.1) is 0 Å². The van der Waals surface area contributed by atoms with Crippen LogP contribution in [0.3, 0.4) is 0 Å². The summed E-state index contributed by atoms with van der Waals surface area (Å²) in [5, 5.41) is 26.4. The van der Waals surface area contributed by atoms with Gasteiger partial charge in [0, 0.05) is 61.8 Å². The average Bonchev–Trinajstić information content (AvgIpc) is 3.06. The SMILES string of the molecule is COc1cc(N2CCN(C)CC2)ccc1Nc1ncc(Cl)c(Oc2cccc(NC(=O)/C(C#N)=C/c3ccc([N+](=O)[O-])cc3)c2)n1. The standard InChI is InChI=1S/C32H29ClN8O5/c1-39-12-14-40(15-13-39)25-10-11-28(29(18-25)45-2)37-32-35-20-27(33)31(38-32)46-26-5-3-4-23(17-26)36-30(42)22(19-34)16-21-6-8-24(9-7-21)41(43)44/h3-11,16-18,20H,12-15H2,1-2H3,(H,36,42)(H,35,37,38)/b22-16+. The summed E-state index contributed by atoms with van der Waals surface area (Å²) in [6.45, 7) is 3.83. The lowest BCUT2D eigenvalue weighted by atomic mass is 10.1. The Hall–Kier alpha value is -5.71. The Labute approximate surface area is 269 Å². The van der Waals surface area contributed by atoms with Crippen LogP contribution in [0.15, 0.2) is 78.5 Å². The van der Waals surface area contributed by atoms with E-state index in [4.69, 9.17) is 21.1 Å². The van der Waals surface area contributed by atoms with E-state index in [1.54, 1.807) is 31.4 Å². The lowest BCUT2D eigenvalue weighted by Gasteiger charge is -2.34. The summed E-state index contributed by atoms with van der Waals surface area (Å²) in [5.74, 6) is 0.574. The first-order chi connectivity index (χ1) is 22.2. The first-order valence-corrected chi connectivity index (χ1v) is 14.5. The molecule has 234 valence electrons. The van der Waals surface area contributed by atoms with Gasteiger partial charge in [-0.2, -0.15) is 10.2 Å². The van der Waals surface area contributed by atoms with Crippen molar-refractivity contribution in [3.63, 3.8) is 0 Å². The quantitative estimate of drug-likeness (QED) is 0.0922. The van der Waals surface area contributed by atoms with Crippen LogP contribution in [-0.2, 0) is 4.79 Å². The summed E-state index contributed by atoms with van der Waals surface area (Å²) >= 11 is 6.35. The highest BCUT2D eigenvalue weighted by atomic mass is 35.5. The molecule has 0 atom stereocenters. The Morgan fingerprint density at radius 2 is 1.87 bits per heavy atom. The first-order valence-electron chi connectivity index (χ1n) is 14.1. The molecule has 14 heteroatoms. The third-order valence-corrected chi connectivity index (χ3v) is 7.36. The predicted molar refractivity (Wildman–Crippen MR) is 175 cm³/mol. The minimum atomic E-state index is -0.669. The van der Waals surface area contributed by atoms with E-state index in [0.29, 0.717) is 28.4 Å². The van der Waals surface area contributed by atoms with E-state index in [9.17, 15) is 20.2 Å². The number of piperazine rings is 1. The second kappa shape index (κ2) is 14.4. The van der Waals surface area contributed by atoms with Gasteiger partial charge in [0.15, 0.2) is 0 Å². The number of nitro groups is 1. The Balaban J connectivity index is 1.27. The molecule has 1 aliphatic heterocycles. The molecule has 0 saturated carbocycles. The number of nitro benzene ring substituents is 1. The fourth-order valence-electron chi connectivity index (χ4n) is 4.60. The number of hydrogen-bond acceptors (Lipinski definition) is 11. The van der Waals surface area contributed by atoms with Gasteiger partial charge in [0.05, 0.1) is 23.9 Å². The van der Waals surface area contributed by atoms with E-state index in [0.717, 1.165) is 31.9 Å². The number of hydrogen-bond donors (Lipinski definition) is 2. The van der Waals surface area contributed by atoms with Crippen molar-refractivity contribution in [3.05, 3.63) is 99.2 Å². The number of likely N-dealkylation sites (N-methyl/N-ethyl adjacent to an activating group) is 1. The van der Waals surface area contributed by atoms with Crippen LogP contribution in [0.1, 0.15) is 5.56 Å². The van der Waals surface area contributed by atoms with E-state index in [2.05, 4.69) is 37.4 Å². The fraction of sp³-hybridized carbons (Fsp3) is 0.188. The molecule has 3 aromatic carbocycles. The molecule has 0 radical (unpaired) electrons. The highest BCUT2D eigenvalue weighted by molar-refractivity contribution is 6.31. The molecule has 0 bridgehead atoms. The van der Waals surface area contributed by atoms with Crippen molar-refractivity contribution in [1.29, 1.82) is 5.26 Å². The molecule has 2 heterocycles. The van der Waals surface area contributed by atoms with Crippen molar-refractivity contribution >= 4 is 52.3 Å². The van der Waals surface area contributed by atoms with Gasteiger partial charge in [0.1, 0.15) is 28.2 Å². The summed E-state index contributed by atoms with van der Waals surface area (Å²) in [6, 6.07) is 19.7. The predicted octanol–water partition coefficient (Wildman–Crippen LogP) is 5.88. The number of benzene rings is 3. The number of carbonyl (C=O) groups excluding carboxylic acids is 1. The van der Waals surface area contributed by atoms with Crippen LogP contribution in [0.5, 0.6) is 17.4 Å². The Morgan fingerprint density at radius 1 is 1.11 bits per heavy atom. The molecular formula is C32H29ClN8O5. The molecule has 2 N–H and O–H groups in total. The Kier molecular flexibility index (Phi) is 9.91. The van der Waals surface area contributed by atoms with Gasteiger partial charge in [0.25, 0.3) is 11.6 Å². The average molecular weight is 641 g/mol. The molecule has 1 saturated heterocycles. The molecule has 1 aromatic heterocycles. The van der Waals surface area contributed by atoms with Gasteiger partial charge in [-0.25, -0.2) is 4.98 Å². The van der Waals surface area contributed by atoms with Crippen LogP contribution < -0.4 is 25.0 Å². The van der Waals surface area contributed by atoms with E-state index in [-0.39, 0.29) is 28.1 Å². The molecule has 0 unspecified atom stereocenters. The highest BCUT2D eigenvalue weighted by Crippen LogP contribution is 2.34. The van der Waals surface area contributed by atoms with Crippen molar-refractivity contribution < 1.29 is 19.2 Å². The number of halogens is 1. The summed E-state index contributed by atoms with van der Waals surface area (Å²) in [7, 11) is 3.71. The molecule has 4 aromatic rings. The number of anilines is 4. The summed E-state index contributed by atoms with van der Waals surface area (Å²) in [5.41, 5.74) is 2.24. The summed E-state index contributed by atoms with van der Waals surface area (Å²) in [4.78, 5) is 36.5. The van der Waals surface area contributed by atoms with Crippen LogP contribution in [0, 0.1) is 21.4 Å². The van der Waals surface area contributed by atoms with Crippen molar-refractivity contribution in [3.8, 4) is 23.4 Å². The lowest BCUT2D eigenvalue weighted by Crippen LogP contribution is -2.44. The Morgan fingerprint density at radius 3 is 2.57 bits per heavy atom. The highest BCUT2D eigenvalue weighted by Gasteiger charge is 2.17. The normalized spacial score (nSPS) is 13.4. The van der Waals surface area contributed by atoms with E-state index >= 15 is 0 Å². The van der Waals surface area contributed by atoms with Crippen molar-refractivity contribution in [2.45, 2.75) is 0 Å². The van der Waals surface area contributed by atoms with E-state index < -0.39 is 10.8 Å². The van der Waals surface area contributed by atoms with Crippen LogP contribution in [-0.4, -0.2) is 66.0 Å². The molecule has 0 aliphatic carbocycles. The topological polar surface area (TPSA) is 159 Å². The molecule has 1 aliphatic rings. The smallest absolute Gasteiger partial charge is 0.269 e. The molecule has 5 rings (SSSR count). The molecule has 1 fully saturated rings. The van der Waals surface area contributed by atoms with Gasteiger partial charge in [-0.05, 0) is 55.1 Å². The lowest BCUT2D eigenvalue weighted by molar-refractivity contribution is -0.384. The van der Waals surface area contributed by atoms with Crippen LogP contribution in [0.4, 0.5) is 28.7 Å². The maximum absolute atomic E-state index is 12.8. The second-order valence-corrected chi connectivity index (χ2v) is 10.7. The van der Waals surface area contributed by atoms with Gasteiger partial charge in [0.2, 0.25) is 11.8 Å². The summed E-state index contributed by atoms with van der Waals surface area (Å²) in [6.07, 6.45) is 2.74. The zero-order chi connectivity index (χ0) is 32.6. The van der Waals surface area contributed by atoms with E-state index in [1.165, 1.54) is 36.5 Å². The number of carbonyl (C=O) groups is 1. The second-order valence-electron chi connectivity index (χ2n) is 10.2. The zero-order valence-electron chi connectivity index (χ0n) is 24.9. The van der Waals surface area contributed by atoms with Crippen LogP contribution >= 0.6 is 11.6 Å². The molecule has 13 nitrogen and oxygen atoms in total. The van der Waals surface area contributed by atoms with Crippen molar-refractivity contribution in [2.75, 3.05) is 55.9 Å². The van der Waals surface area contributed by atoms with Crippen molar-refractivity contribution in [2.24, 2.45) is 0 Å². The summed E-state index contributed by atoms with van der Waals surface area (Å²) < 4.78 is 11.6. The largest absolute Gasteiger partial charge is 0.494 e. The number of non-ortho nitro benzene ring substituents is 1. The zero-order valence-corrected chi connectivity index (χ0v) is 25.7. The van der Waals surface area contributed by atoms with Crippen LogP contribution in [0.25, 0.3) is 6.08 Å². The third-order valence-electron chi connectivity index (χ3n) is 7.10. The number of amides is 1. The van der Waals surface area contributed by atoms with Gasteiger partial charge < -0.3 is 29.9 Å². The number of rotatable bonds is 10. The Bertz CT molecular complexity index is 1820. The van der Waals surface area contributed by atoms with E-state index in [1.807, 2.05) is 24.3 Å². The van der Waals surface area contributed by atoms with Crippen LogP contribution in [0.2, 0.25) is 5.02 Å². The number of nitrogens with one attached hydrogen (secondary N) is 2. The van der Waals surface area contributed by atoms with Gasteiger partial charge >= 0.3 is 0 Å². The molecule has 46 heavy (non-hydrogen) atoms. The number of nitriles is 1. The monoisotopic (exact) mass is 640 g/mol. The molecular weight excluding hydrogens is 612 g/mol. The number of nitrogens with zero attached hydrogens (tertiary/aromatic N) is 6. The molecule has 0 spiro atoms. The number of aromatic nitrogens is 2. The van der Waals surface area contributed by atoms with Crippen molar-refractivity contribution in [1.82, 2.24) is 14.9 Å². The number of ether oxygens (including phenoxy) is 2. The minimum Gasteiger partial charge on any atom is -0.494 e. The third kappa shape index (κ3) is 7.86. The van der Waals surface area contributed by atoms with Gasteiger partial charge in [-0.1, -0.05) is 17.7 Å². The maximum atomic E-state index is 12.8.